The lowest BCUT2D eigenvalue weighted by atomic mass is 10.2. The molecule has 1 aromatic rings. The number of hydrogen-bond donors (Lipinski definition) is 0. The number of benzene rings is 1. The van der Waals surface area contributed by atoms with E-state index >= 15 is 0 Å². The molecule has 0 spiro atoms. The highest BCUT2D eigenvalue weighted by Gasteiger charge is 1.96. The maximum atomic E-state index is 12.7. The van der Waals surface area contributed by atoms with E-state index in [0.29, 0.717) is 5.56 Å². The van der Waals surface area contributed by atoms with Gasteiger partial charge < -0.3 is 0 Å². The summed E-state index contributed by atoms with van der Waals surface area (Å²) in [5, 5.41) is 0.849. The van der Waals surface area contributed by atoms with Gasteiger partial charge in [-0.2, -0.15) is 0 Å². The fourth-order valence-electron chi connectivity index (χ4n) is 0.954. The Kier molecular flexibility index (Phi) is 4.09. The zero-order valence-electron chi connectivity index (χ0n) is 6.93. The van der Waals surface area contributed by atoms with Crippen molar-refractivity contribution in [2.24, 2.45) is 0 Å². The first-order chi connectivity index (χ1) is 6.22. The van der Waals surface area contributed by atoms with Crippen molar-refractivity contribution in [3.8, 4) is 0 Å². The van der Waals surface area contributed by atoms with Crippen LogP contribution < -0.4 is 0 Å². The molecule has 0 amide bonds. The molecule has 0 bridgehead atoms. The van der Waals surface area contributed by atoms with Crippen molar-refractivity contribution >= 4 is 22.0 Å². The van der Waals surface area contributed by atoms with Crippen LogP contribution in [-0.2, 0) is 0 Å². The molecule has 0 saturated carbocycles. The van der Waals surface area contributed by atoms with Gasteiger partial charge in [0.25, 0.3) is 0 Å². The molecule has 0 N–H and O–H groups in total. The highest BCUT2D eigenvalue weighted by atomic mass is 79.9. The van der Waals surface area contributed by atoms with E-state index in [1.807, 2.05) is 6.08 Å². The first kappa shape index (κ1) is 10.4. The summed E-state index contributed by atoms with van der Waals surface area (Å²) in [7, 11) is 0. The number of allylic oxidation sites excluding steroid dienone is 1. The molecule has 0 aliphatic rings. The van der Waals surface area contributed by atoms with E-state index in [4.69, 9.17) is 0 Å². The molecule has 3 heteroatoms. The van der Waals surface area contributed by atoms with E-state index in [-0.39, 0.29) is 0 Å². The lowest BCUT2D eigenvalue weighted by molar-refractivity contribution is 0.583. The topological polar surface area (TPSA) is 0 Å². The van der Waals surface area contributed by atoms with Crippen LogP contribution in [0.2, 0.25) is 0 Å². The van der Waals surface area contributed by atoms with Crippen molar-refractivity contribution in [1.29, 1.82) is 0 Å². The average molecular weight is 247 g/mol. The zero-order valence-corrected chi connectivity index (χ0v) is 8.52. The van der Waals surface area contributed by atoms with Gasteiger partial charge in [0.2, 0.25) is 0 Å². The fourth-order valence-corrected chi connectivity index (χ4v) is 1.22. The van der Waals surface area contributed by atoms with Gasteiger partial charge >= 0.3 is 0 Å². The van der Waals surface area contributed by atoms with Crippen molar-refractivity contribution < 1.29 is 8.78 Å². The minimum atomic E-state index is -0.543. The van der Waals surface area contributed by atoms with Gasteiger partial charge in [0, 0.05) is 11.4 Å². The highest BCUT2D eigenvalue weighted by molar-refractivity contribution is 9.09. The Labute approximate surface area is 84.4 Å². The molecule has 13 heavy (non-hydrogen) atoms. The molecule has 0 heterocycles. The van der Waals surface area contributed by atoms with Gasteiger partial charge in [-0.15, -0.1) is 0 Å². The van der Waals surface area contributed by atoms with Gasteiger partial charge in [0.15, 0.2) is 0 Å². The van der Waals surface area contributed by atoms with Crippen molar-refractivity contribution in [3.63, 3.8) is 0 Å². The first-order valence-corrected chi connectivity index (χ1v) is 5.03. The summed E-state index contributed by atoms with van der Waals surface area (Å²) in [4.78, 5) is 0. The third-order valence-corrected chi connectivity index (χ3v) is 1.93. The van der Waals surface area contributed by atoms with Crippen LogP contribution in [0.25, 0.3) is 6.08 Å². The third-order valence-electron chi connectivity index (χ3n) is 1.47. The van der Waals surface area contributed by atoms with Crippen LogP contribution in [0.4, 0.5) is 8.78 Å². The zero-order chi connectivity index (χ0) is 9.68. The van der Waals surface area contributed by atoms with Crippen LogP contribution in [0.1, 0.15) is 12.0 Å². The molecule has 1 aromatic carbocycles. The second-order valence-corrected chi connectivity index (χ2v) is 3.38. The smallest absolute Gasteiger partial charge is 0.126 e. The molecular formula is C10H9BrF2. The first-order valence-electron chi connectivity index (χ1n) is 3.91. The van der Waals surface area contributed by atoms with Crippen LogP contribution in [0.5, 0.6) is 0 Å². The third kappa shape index (κ3) is 3.68. The second-order valence-electron chi connectivity index (χ2n) is 2.58. The van der Waals surface area contributed by atoms with Crippen molar-refractivity contribution in [2.45, 2.75) is 6.42 Å². The van der Waals surface area contributed by atoms with E-state index < -0.39 is 11.6 Å². The fraction of sp³-hybridized carbons (Fsp3) is 0.200. The van der Waals surface area contributed by atoms with E-state index in [0.717, 1.165) is 17.8 Å². The Hall–Kier alpha value is -0.700. The summed E-state index contributed by atoms with van der Waals surface area (Å²) in [6.07, 6.45) is 4.41. The number of halogens is 3. The van der Waals surface area contributed by atoms with Crippen molar-refractivity contribution in [1.82, 2.24) is 0 Å². The lowest BCUT2D eigenvalue weighted by Gasteiger charge is -1.94. The van der Waals surface area contributed by atoms with Gasteiger partial charge in [0.05, 0.1) is 0 Å². The second kappa shape index (κ2) is 5.12. The van der Waals surface area contributed by atoms with Crippen LogP contribution in [0, 0.1) is 11.6 Å². The molecule has 0 aliphatic heterocycles. The Morgan fingerprint density at radius 1 is 1.15 bits per heavy atom. The lowest BCUT2D eigenvalue weighted by Crippen LogP contribution is -1.81. The summed E-state index contributed by atoms with van der Waals surface area (Å²) in [6, 6.07) is 3.46. The minimum Gasteiger partial charge on any atom is -0.207 e. The van der Waals surface area contributed by atoms with Crippen molar-refractivity contribution in [2.75, 3.05) is 5.33 Å². The summed E-state index contributed by atoms with van der Waals surface area (Å²) < 4.78 is 25.3. The molecule has 0 nitrogen and oxygen atoms in total. The monoisotopic (exact) mass is 246 g/mol. The summed E-state index contributed by atoms with van der Waals surface area (Å²) in [5.74, 6) is -1.09. The van der Waals surface area contributed by atoms with Crippen LogP contribution in [-0.4, -0.2) is 5.33 Å². The van der Waals surface area contributed by atoms with E-state index in [9.17, 15) is 8.78 Å². The standard InChI is InChI=1S/C10H9BrF2/c11-4-2-1-3-8-5-9(12)7-10(13)6-8/h1,3,5-7H,2,4H2. The van der Waals surface area contributed by atoms with Crippen LogP contribution in [0.3, 0.4) is 0 Å². The molecular weight excluding hydrogens is 238 g/mol. The number of rotatable bonds is 3. The molecule has 0 unspecified atom stereocenters. The Balaban J connectivity index is 2.77. The SMILES string of the molecule is Fc1cc(F)cc(C=CCCBr)c1. The van der Waals surface area contributed by atoms with E-state index in [1.165, 1.54) is 12.1 Å². The van der Waals surface area contributed by atoms with Crippen molar-refractivity contribution in [3.05, 3.63) is 41.5 Å². The minimum absolute atomic E-state index is 0.543. The van der Waals surface area contributed by atoms with E-state index in [1.54, 1.807) is 6.08 Å². The van der Waals surface area contributed by atoms with Gasteiger partial charge in [-0.05, 0) is 24.1 Å². The molecule has 0 aromatic heterocycles. The maximum absolute atomic E-state index is 12.7. The number of alkyl halides is 1. The van der Waals surface area contributed by atoms with Gasteiger partial charge in [-0.3, -0.25) is 0 Å². The Morgan fingerprint density at radius 3 is 2.31 bits per heavy atom. The molecule has 1 rings (SSSR count). The Bertz CT molecular complexity index is 288. The van der Waals surface area contributed by atoms with Crippen LogP contribution >= 0.6 is 15.9 Å². The molecule has 0 saturated heterocycles. The summed E-state index contributed by atoms with van der Waals surface area (Å²) in [6.45, 7) is 0. The van der Waals surface area contributed by atoms with Gasteiger partial charge in [-0.25, -0.2) is 8.78 Å². The molecule has 0 aliphatic carbocycles. The normalized spacial score (nSPS) is 11.0. The van der Waals surface area contributed by atoms with Gasteiger partial charge in [-0.1, -0.05) is 28.1 Å². The number of hydrogen-bond acceptors (Lipinski definition) is 0. The summed E-state index contributed by atoms with van der Waals surface area (Å²) >= 11 is 3.25. The molecule has 70 valence electrons. The quantitative estimate of drug-likeness (QED) is 0.713. The van der Waals surface area contributed by atoms with E-state index in [2.05, 4.69) is 15.9 Å². The predicted molar refractivity (Wildman–Crippen MR) is 53.8 cm³/mol. The molecule has 0 fully saturated rings. The molecule has 0 atom stereocenters. The predicted octanol–water partition coefficient (Wildman–Crippen LogP) is 3.76. The maximum Gasteiger partial charge on any atom is 0.126 e. The molecule has 0 radical (unpaired) electrons. The average Bonchev–Trinajstić information content (AvgIpc) is 2.03. The van der Waals surface area contributed by atoms with Gasteiger partial charge in [0.1, 0.15) is 11.6 Å². The highest BCUT2D eigenvalue weighted by Crippen LogP contribution is 2.09. The van der Waals surface area contributed by atoms with Crippen LogP contribution in [0.15, 0.2) is 24.3 Å². The largest absolute Gasteiger partial charge is 0.207 e. The summed E-state index contributed by atoms with van der Waals surface area (Å²) in [5.41, 5.74) is 0.554. The Morgan fingerprint density at radius 2 is 1.77 bits per heavy atom.